The maximum Gasteiger partial charge on any atom is 0.321 e. The van der Waals surface area contributed by atoms with Crippen molar-refractivity contribution in [1.29, 1.82) is 0 Å². The molecule has 0 fully saturated rings. The number of pyridine rings is 2. The molecule has 0 saturated heterocycles. The van der Waals surface area contributed by atoms with Gasteiger partial charge in [0.2, 0.25) is 5.88 Å². The van der Waals surface area contributed by atoms with Gasteiger partial charge in [-0.25, -0.2) is 22.7 Å². The number of halogens is 1. The van der Waals surface area contributed by atoms with Gasteiger partial charge in [0.25, 0.3) is 16.0 Å². The van der Waals surface area contributed by atoms with Crippen LogP contribution in [-0.2, 0) is 10.0 Å². The van der Waals surface area contributed by atoms with Crippen LogP contribution in [0.15, 0.2) is 59.8 Å². The van der Waals surface area contributed by atoms with Crippen LogP contribution in [-0.4, -0.2) is 72.2 Å². The summed E-state index contributed by atoms with van der Waals surface area (Å²) in [6, 6.07) is 10.5. The Morgan fingerprint density at radius 3 is 2.54 bits per heavy atom. The van der Waals surface area contributed by atoms with E-state index in [1.165, 1.54) is 35.9 Å². The number of amides is 2. The topological polar surface area (TPSA) is 143 Å². The minimum Gasteiger partial charge on any atom is -0.480 e. The first-order chi connectivity index (χ1) is 18.7. The molecule has 0 radical (unpaired) electrons. The molecule has 0 spiro atoms. The van der Waals surface area contributed by atoms with Gasteiger partial charge < -0.3 is 15.0 Å². The van der Waals surface area contributed by atoms with Crippen LogP contribution in [0.1, 0.15) is 13.8 Å². The van der Waals surface area contributed by atoms with Gasteiger partial charge in [-0.3, -0.25) is 10.0 Å². The highest BCUT2D eigenvalue weighted by Crippen LogP contribution is 2.30. The molecule has 0 unspecified atom stereocenters. The fourth-order valence-corrected chi connectivity index (χ4v) is 4.96. The molecule has 14 heteroatoms. The van der Waals surface area contributed by atoms with E-state index in [0.29, 0.717) is 28.3 Å². The number of fused-ring (bicyclic) bond motifs is 1. The van der Waals surface area contributed by atoms with Gasteiger partial charge in [-0.2, -0.15) is 4.98 Å². The van der Waals surface area contributed by atoms with Crippen molar-refractivity contribution in [3.05, 3.63) is 59.9 Å². The summed E-state index contributed by atoms with van der Waals surface area (Å²) in [5.41, 5.74) is 1.96. The third-order valence-electron chi connectivity index (χ3n) is 5.91. The van der Waals surface area contributed by atoms with E-state index in [9.17, 15) is 13.2 Å². The number of aromatic nitrogens is 4. The van der Waals surface area contributed by atoms with Crippen molar-refractivity contribution in [3.63, 3.8) is 0 Å². The van der Waals surface area contributed by atoms with Crippen molar-refractivity contribution < 1.29 is 17.9 Å². The molecule has 1 aromatic carbocycles. The molecular weight excluding hydrogens is 544 g/mol. The average molecular weight is 573 g/mol. The monoisotopic (exact) mass is 572 g/mol. The maximum atomic E-state index is 12.9. The van der Waals surface area contributed by atoms with Crippen LogP contribution in [0.5, 0.6) is 5.88 Å². The highest BCUT2D eigenvalue weighted by molar-refractivity contribution is 7.92. The van der Waals surface area contributed by atoms with Gasteiger partial charge in [-0.05, 0) is 55.6 Å². The van der Waals surface area contributed by atoms with Crippen molar-refractivity contribution in [2.45, 2.75) is 18.7 Å². The van der Waals surface area contributed by atoms with Gasteiger partial charge >= 0.3 is 6.03 Å². The molecule has 0 atom stereocenters. The van der Waals surface area contributed by atoms with E-state index in [1.807, 2.05) is 0 Å². The number of carbonyl (C=O) groups excluding carboxylic acids is 1. The Labute approximate surface area is 231 Å². The number of hydrogen-bond donors (Lipinski definition) is 3. The number of sulfonamides is 1. The lowest BCUT2D eigenvalue weighted by Gasteiger charge is -2.17. The number of rotatable bonds is 11. The van der Waals surface area contributed by atoms with Crippen molar-refractivity contribution in [3.8, 4) is 17.0 Å². The van der Waals surface area contributed by atoms with Crippen molar-refractivity contribution >= 4 is 44.9 Å². The van der Waals surface area contributed by atoms with Crippen LogP contribution in [0.2, 0.25) is 5.02 Å². The molecule has 2 amide bonds. The number of ether oxygens (including phenoxy) is 1. The fourth-order valence-electron chi connectivity index (χ4n) is 3.78. The molecule has 4 aromatic rings. The van der Waals surface area contributed by atoms with Crippen molar-refractivity contribution in [2.24, 2.45) is 0 Å². The highest BCUT2D eigenvalue weighted by Gasteiger charge is 2.18. The van der Waals surface area contributed by atoms with Crippen LogP contribution in [0.3, 0.4) is 0 Å². The zero-order valence-electron chi connectivity index (χ0n) is 21.7. The first-order valence-corrected chi connectivity index (χ1v) is 14.0. The molecule has 4 rings (SSSR count). The van der Waals surface area contributed by atoms with Gasteiger partial charge in [-0.15, -0.1) is 5.10 Å². The van der Waals surface area contributed by atoms with E-state index >= 15 is 0 Å². The number of likely N-dealkylation sites (N-methyl/N-ethyl adjacent to an activating group) is 1. The zero-order valence-corrected chi connectivity index (χ0v) is 23.3. The first kappa shape index (κ1) is 28.1. The maximum absolute atomic E-state index is 12.9. The smallest absolute Gasteiger partial charge is 0.321 e. The minimum absolute atomic E-state index is 0.0421. The van der Waals surface area contributed by atoms with Gasteiger partial charge in [-0.1, -0.05) is 25.4 Å². The molecule has 0 aliphatic heterocycles. The number of hydrogen-bond acceptors (Lipinski definition) is 8. The number of anilines is 2. The van der Waals surface area contributed by atoms with Crippen molar-refractivity contribution in [2.75, 3.05) is 43.3 Å². The number of methoxy groups -OCH3 is 1. The summed E-state index contributed by atoms with van der Waals surface area (Å²) in [6.07, 6.45) is 3.26. The standard InChI is InChI=1S/C25H29ClN8O4S/c1-4-33(5-2)13-12-27-25(35)30-24-29-22-11-6-17(16-34(22)31-24)18-14-21(23(38-3)28-15-18)32-39(36,37)20-9-7-19(26)8-10-20/h6-11,14-16,32H,4-5,12-13H2,1-3H3,(H2,27,30,31,35). The van der Waals surface area contributed by atoms with E-state index in [1.54, 1.807) is 30.6 Å². The third-order valence-corrected chi connectivity index (χ3v) is 7.54. The Morgan fingerprint density at radius 1 is 1.10 bits per heavy atom. The van der Waals surface area contributed by atoms with Crippen molar-refractivity contribution in [1.82, 2.24) is 29.8 Å². The summed E-state index contributed by atoms with van der Waals surface area (Å²) in [6.45, 7) is 7.21. The second kappa shape index (κ2) is 12.3. The van der Waals surface area contributed by atoms with Gasteiger partial charge in [0, 0.05) is 41.6 Å². The summed E-state index contributed by atoms with van der Waals surface area (Å²) in [5.74, 6) is 0.258. The lowest BCUT2D eigenvalue weighted by atomic mass is 10.1. The molecule has 0 bridgehead atoms. The lowest BCUT2D eigenvalue weighted by Crippen LogP contribution is -2.37. The van der Waals surface area contributed by atoms with Crippen LogP contribution in [0.25, 0.3) is 16.8 Å². The number of carbonyl (C=O) groups is 1. The average Bonchev–Trinajstić information content (AvgIpc) is 3.32. The molecule has 0 aliphatic rings. The predicted molar refractivity (Wildman–Crippen MR) is 150 cm³/mol. The Kier molecular flexibility index (Phi) is 8.84. The zero-order chi connectivity index (χ0) is 28.0. The molecule has 0 saturated carbocycles. The summed E-state index contributed by atoms with van der Waals surface area (Å²) in [7, 11) is -2.52. The van der Waals surface area contributed by atoms with E-state index < -0.39 is 16.1 Å². The van der Waals surface area contributed by atoms with Crippen LogP contribution in [0, 0.1) is 0 Å². The number of nitrogens with zero attached hydrogens (tertiary/aromatic N) is 5. The summed E-state index contributed by atoms with van der Waals surface area (Å²) in [4.78, 5) is 23.1. The normalized spacial score (nSPS) is 11.5. The molecule has 3 heterocycles. The quantitative estimate of drug-likeness (QED) is 0.247. The van der Waals surface area contributed by atoms with Gasteiger partial charge in [0.1, 0.15) is 5.69 Å². The van der Waals surface area contributed by atoms with E-state index in [2.05, 4.69) is 49.2 Å². The Morgan fingerprint density at radius 2 is 1.85 bits per heavy atom. The Balaban J connectivity index is 1.51. The SMILES string of the molecule is CCN(CC)CCNC(=O)Nc1nc2ccc(-c3cnc(OC)c(NS(=O)(=O)c4ccc(Cl)cc4)c3)cn2n1. The van der Waals surface area contributed by atoms with Crippen LogP contribution in [0.4, 0.5) is 16.4 Å². The molecule has 3 aromatic heterocycles. The molecule has 3 N–H and O–H groups in total. The van der Waals surface area contributed by atoms with Gasteiger partial charge in [0.05, 0.1) is 12.0 Å². The Bertz CT molecular complexity index is 1560. The summed E-state index contributed by atoms with van der Waals surface area (Å²) >= 11 is 5.88. The number of nitrogens with one attached hydrogen (secondary N) is 3. The molecule has 12 nitrogen and oxygen atoms in total. The van der Waals surface area contributed by atoms with E-state index in [0.717, 1.165) is 19.6 Å². The molecular formula is C25H29ClN8O4S. The van der Waals surface area contributed by atoms with Crippen LogP contribution >= 0.6 is 11.6 Å². The second-order valence-corrected chi connectivity index (χ2v) is 10.5. The summed E-state index contributed by atoms with van der Waals surface area (Å²) in [5, 5.41) is 10.2. The van der Waals surface area contributed by atoms with Gasteiger partial charge in [0.15, 0.2) is 5.65 Å². The number of urea groups is 1. The van der Waals surface area contributed by atoms with Crippen LogP contribution < -0.4 is 20.1 Å². The van der Waals surface area contributed by atoms with E-state index in [4.69, 9.17) is 16.3 Å². The third kappa shape index (κ3) is 6.93. The molecule has 39 heavy (non-hydrogen) atoms. The molecule has 206 valence electrons. The Hall–Kier alpha value is -3.94. The van der Waals surface area contributed by atoms with E-state index in [-0.39, 0.29) is 22.4 Å². The minimum atomic E-state index is -3.92. The predicted octanol–water partition coefficient (Wildman–Crippen LogP) is 3.72. The first-order valence-electron chi connectivity index (χ1n) is 12.2. The lowest BCUT2D eigenvalue weighted by molar-refractivity contribution is 0.247. The largest absolute Gasteiger partial charge is 0.480 e. The highest BCUT2D eigenvalue weighted by atomic mass is 35.5. The second-order valence-electron chi connectivity index (χ2n) is 8.40. The number of benzene rings is 1. The molecule has 0 aliphatic carbocycles. The summed E-state index contributed by atoms with van der Waals surface area (Å²) < 4.78 is 35.2. The fraction of sp³-hybridized carbons (Fsp3) is 0.280.